The lowest BCUT2D eigenvalue weighted by Crippen LogP contribution is -2.48. The number of amides is 1. The Morgan fingerprint density at radius 3 is 2.60 bits per heavy atom. The maximum Gasteiger partial charge on any atom is 0.254 e. The number of nitrogens with one attached hydrogen (secondary N) is 1. The minimum absolute atomic E-state index is 0.162. The van der Waals surface area contributed by atoms with E-state index in [9.17, 15) is 4.79 Å². The van der Waals surface area contributed by atoms with E-state index in [1.807, 2.05) is 55.2 Å². The summed E-state index contributed by atoms with van der Waals surface area (Å²) in [6.07, 6.45) is 3.43. The van der Waals surface area contributed by atoms with Gasteiger partial charge in [0, 0.05) is 44.5 Å². The molecule has 1 amide bonds. The van der Waals surface area contributed by atoms with Gasteiger partial charge in [0.15, 0.2) is 0 Å². The van der Waals surface area contributed by atoms with E-state index in [2.05, 4.69) is 5.32 Å². The molecule has 0 radical (unpaired) electrons. The van der Waals surface area contributed by atoms with Crippen LogP contribution in [0, 0.1) is 0 Å². The van der Waals surface area contributed by atoms with Crippen molar-refractivity contribution in [1.29, 1.82) is 0 Å². The zero-order valence-corrected chi connectivity index (χ0v) is 12.7. The summed E-state index contributed by atoms with van der Waals surface area (Å²) in [5.41, 5.74) is 1.91. The average molecular weight is 275 g/mol. The second-order valence-corrected chi connectivity index (χ2v) is 5.65. The molecule has 20 heavy (non-hydrogen) atoms. The standard InChI is InChI=1S/C16H25N3O/c1-17-12-15-6-4-5-11-19(15)16(20)13-7-9-14(10-8-13)18(2)3/h7-10,15,17H,4-6,11-12H2,1-3H3. The molecule has 1 heterocycles. The second-order valence-electron chi connectivity index (χ2n) is 5.65. The Balaban J connectivity index is 2.12. The molecule has 4 heteroatoms. The number of rotatable bonds is 4. The highest BCUT2D eigenvalue weighted by Crippen LogP contribution is 2.20. The Morgan fingerprint density at radius 2 is 2.00 bits per heavy atom. The van der Waals surface area contributed by atoms with Crippen molar-refractivity contribution in [3.05, 3.63) is 29.8 Å². The fraction of sp³-hybridized carbons (Fsp3) is 0.562. The lowest BCUT2D eigenvalue weighted by atomic mass is 10.0. The summed E-state index contributed by atoms with van der Waals surface area (Å²) in [6, 6.07) is 8.20. The first-order valence-electron chi connectivity index (χ1n) is 7.36. The first-order chi connectivity index (χ1) is 9.63. The van der Waals surface area contributed by atoms with Crippen LogP contribution in [0.3, 0.4) is 0 Å². The molecule has 1 aliphatic heterocycles. The molecule has 1 aromatic carbocycles. The van der Waals surface area contributed by atoms with Gasteiger partial charge in [0.1, 0.15) is 0 Å². The number of piperidine rings is 1. The van der Waals surface area contributed by atoms with E-state index in [-0.39, 0.29) is 5.91 Å². The minimum atomic E-state index is 0.162. The van der Waals surface area contributed by atoms with Crippen LogP contribution in [0.2, 0.25) is 0 Å². The quantitative estimate of drug-likeness (QED) is 0.912. The summed E-state index contributed by atoms with van der Waals surface area (Å²) in [6.45, 7) is 1.75. The third-order valence-corrected chi connectivity index (χ3v) is 3.96. The molecule has 2 rings (SSSR count). The molecule has 1 aliphatic rings. The Kier molecular flexibility index (Phi) is 5.01. The smallest absolute Gasteiger partial charge is 0.254 e. The molecule has 0 spiro atoms. The monoisotopic (exact) mass is 275 g/mol. The molecular weight excluding hydrogens is 250 g/mol. The van der Waals surface area contributed by atoms with Crippen LogP contribution in [0.25, 0.3) is 0 Å². The molecule has 0 aromatic heterocycles. The van der Waals surface area contributed by atoms with Crippen molar-refractivity contribution in [2.45, 2.75) is 25.3 Å². The van der Waals surface area contributed by atoms with Crippen molar-refractivity contribution >= 4 is 11.6 Å². The number of carbonyl (C=O) groups excluding carboxylic acids is 1. The number of likely N-dealkylation sites (tertiary alicyclic amines) is 1. The summed E-state index contributed by atoms with van der Waals surface area (Å²) < 4.78 is 0. The molecule has 1 N–H and O–H groups in total. The van der Waals surface area contributed by atoms with E-state index in [1.165, 1.54) is 6.42 Å². The molecule has 0 saturated carbocycles. The molecule has 0 bridgehead atoms. The maximum atomic E-state index is 12.7. The van der Waals surface area contributed by atoms with E-state index in [1.54, 1.807) is 0 Å². The molecule has 4 nitrogen and oxygen atoms in total. The average Bonchev–Trinajstić information content (AvgIpc) is 2.47. The largest absolute Gasteiger partial charge is 0.378 e. The molecule has 0 aliphatic carbocycles. The van der Waals surface area contributed by atoms with Crippen LogP contribution in [0.4, 0.5) is 5.69 Å². The Bertz CT molecular complexity index is 440. The van der Waals surface area contributed by atoms with Crippen molar-refractivity contribution in [2.75, 3.05) is 39.1 Å². The van der Waals surface area contributed by atoms with Crippen molar-refractivity contribution in [3.63, 3.8) is 0 Å². The molecule has 1 saturated heterocycles. The SMILES string of the molecule is CNCC1CCCCN1C(=O)c1ccc(N(C)C)cc1. The van der Waals surface area contributed by atoms with Crippen LogP contribution in [0.1, 0.15) is 29.6 Å². The summed E-state index contributed by atoms with van der Waals surface area (Å²) >= 11 is 0. The van der Waals surface area contributed by atoms with E-state index in [4.69, 9.17) is 0 Å². The van der Waals surface area contributed by atoms with Gasteiger partial charge in [-0.15, -0.1) is 0 Å². The zero-order valence-electron chi connectivity index (χ0n) is 12.7. The summed E-state index contributed by atoms with van der Waals surface area (Å²) in [5.74, 6) is 0.162. The predicted molar refractivity (Wildman–Crippen MR) is 83.4 cm³/mol. The highest BCUT2D eigenvalue weighted by molar-refractivity contribution is 5.94. The van der Waals surface area contributed by atoms with Gasteiger partial charge >= 0.3 is 0 Å². The van der Waals surface area contributed by atoms with Crippen molar-refractivity contribution in [3.8, 4) is 0 Å². The first kappa shape index (κ1) is 14.9. The minimum Gasteiger partial charge on any atom is -0.378 e. The van der Waals surface area contributed by atoms with Crippen molar-refractivity contribution in [1.82, 2.24) is 10.2 Å². The van der Waals surface area contributed by atoms with Gasteiger partial charge in [-0.25, -0.2) is 0 Å². The van der Waals surface area contributed by atoms with Gasteiger partial charge in [-0.05, 0) is 50.6 Å². The van der Waals surface area contributed by atoms with E-state index in [0.717, 1.165) is 37.2 Å². The van der Waals surface area contributed by atoms with Crippen molar-refractivity contribution < 1.29 is 4.79 Å². The fourth-order valence-corrected chi connectivity index (χ4v) is 2.78. The summed E-state index contributed by atoms with van der Waals surface area (Å²) in [5, 5.41) is 3.20. The van der Waals surface area contributed by atoms with Gasteiger partial charge in [-0.2, -0.15) is 0 Å². The Hall–Kier alpha value is -1.55. The Morgan fingerprint density at radius 1 is 1.30 bits per heavy atom. The molecule has 1 aromatic rings. The molecule has 1 fully saturated rings. The van der Waals surface area contributed by atoms with Crippen LogP contribution >= 0.6 is 0 Å². The van der Waals surface area contributed by atoms with Gasteiger partial charge in [-0.1, -0.05) is 0 Å². The number of benzene rings is 1. The van der Waals surface area contributed by atoms with Crippen LogP contribution in [-0.2, 0) is 0 Å². The lowest BCUT2D eigenvalue weighted by molar-refractivity contribution is 0.0615. The number of likely N-dealkylation sites (N-methyl/N-ethyl adjacent to an activating group) is 1. The third kappa shape index (κ3) is 3.31. The number of hydrogen-bond donors (Lipinski definition) is 1. The summed E-state index contributed by atoms with van der Waals surface area (Å²) in [7, 11) is 5.96. The molecule has 1 atom stereocenters. The topological polar surface area (TPSA) is 35.6 Å². The lowest BCUT2D eigenvalue weighted by Gasteiger charge is -2.35. The number of anilines is 1. The van der Waals surface area contributed by atoms with Gasteiger partial charge in [-0.3, -0.25) is 4.79 Å². The molecule has 1 unspecified atom stereocenters. The van der Waals surface area contributed by atoms with Gasteiger partial charge in [0.25, 0.3) is 5.91 Å². The third-order valence-electron chi connectivity index (χ3n) is 3.96. The second kappa shape index (κ2) is 6.75. The number of nitrogens with zero attached hydrogens (tertiary/aromatic N) is 2. The van der Waals surface area contributed by atoms with Crippen LogP contribution < -0.4 is 10.2 Å². The van der Waals surface area contributed by atoms with E-state index < -0.39 is 0 Å². The molecular formula is C16H25N3O. The highest BCUT2D eigenvalue weighted by Gasteiger charge is 2.26. The summed E-state index contributed by atoms with van der Waals surface area (Å²) in [4.78, 5) is 16.7. The highest BCUT2D eigenvalue weighted by atomic mass is 16.2. The Labute approximate surface area is 121 Å². The first-order valence-corrected chi connectivity index (χ1v) is 7.36. The van der Waals surface area contributed by atoms with E-state index >= 15 is 0 Å². The maximum absolute atomic E-state index is 12.7. The molecule has 110 valence electrons. The number of hydrogen-bond acceptors (Lipinski definition) is 3. The van der Waals surface area contributed by atoms with Gasteiger partial charge < -0.3 is 15.1 Å². The fourth-order valence-electron chi connectivity index (χ4n) is 2.78. The zero-order chi connectivity index (χ0) is 14.5. The van der Waals surface area contributed by atoms with Gasteiger partial charge in [0.2, 0.25) is 0 Å². The predicted octanol–water partition coefficient (Wildman–Crippen LogP) is 1.97. The van der Waals surface area contributed by atoms with Crippen LogP contribution in [0.5, 0.6) is 0 Å². The normalized spacial score (nSPS) is 18.9. The van der Waals surface area contributed by atoms with Crippen LogP contribution in [0.15, 0.2) is 24.3 Å². The van der Waals surface area contributed by atoms with E-state index in [0.29, 0.717) is 6.04 Å². The van der Waals surface area contributed by atoms with Gasteiger partial charge in [0.05, 0.1) is 0 Å². The van der Waals surface area contributed by atoms with Crippen molar-refractivity contribution in [2.24, 2.45) is 0 Å². The van der Waals surface area contributed by atoms with Crippen LogP contribution in [-0.4, -0.2) is 51.1 Å². The number of carbonyl (C=O) groups is 1.